The van der Waals surface area contributed by atoms with Gasteiger partial charge in [0.25, 0.3) is 5.91 Å². The maximum absolute atomic E-state index is 13.7. The third kappa shape index (κ3) is 3.18. The lowest BCUT2D eigenvalue weighted by Gasteiger charge is -2.31. The molecule has 0 spiro atoms. The van der Waals surface area contributed by atoms with Gasteiger partial charge in [-0.2, -0.15) is 0 Å². The average molecular weight is 297 g/mol. The van der Waals surface area contributed by atoms with Crippen LogP contribution in [0.25, 0.3) is 0 Å². The number of hydrogen-bond donors (Lipinski definition) is 3. The summed E-state index contributed by atoms with van der Waals surface area (Å²) in [7, 11) is 0. The third-order valence-corrected chi connectivity index (χ3v) is 3.77. The van der Waals surface area contributed by atoms with E-state index in [9.17, 15) is 18.4 Å². The molecule has 0 aromatic heterocycles. The van der Waals surface area contributed by atoms with Crippen molar-refractivity contribution >= 4 is 17.5 Å². The maximum Gasteiger partial charge on any atom is 0.251 e. The zero-order chi connectivity index (χ0) is 15.6. The summed E-state index contributed by atoms with van der Waals surface area (Å²) in [4.78, 5) is 23.3. The van der Waals surface area contributed by atoms with Gasteiger partial charge in [-0.15, -0.1) is 0 Å². The molecule has 7 heteroatoms. The summed E-state index contributed by atoms with van der Waals surface area (Å²) in [6, 6.07) is 1.40. The number of amides is 2. The lowest BCUT2D eigenvalue weighted by atomic mass is 9.82. The molecule has 1 aliphatic carbocycles. The molecule has 0 aliphatic heterocycles. The summed E-state index contributed by atoms with van der Waals surface area (Å²) >= 11 is 0. The van der Waals surface area contributed by atoms with Gasteiger partial charge in [0.2, 0.25) is 5.91 Å². The average Bonchev–Trinajstić information content (AvgIpc) is 2.42. The normalized spacial score (nSPS) is 17.3. The van der Waals surface area contributed by atoms with E-state index in [2.05, 4.69) is 5.32 Å². The van der Waals surface area contributed by atoms with Crippen molar-refractivity contribution in [2.24, 2.45) is 11.5 Å². The lowest BCUT2D eigenvalue weighted by Crippen LogP contribution is -2.52. The molecule has 0 atom stereocenters. The Morgan fingerprint density at radius 1 is 1.10 bits per heavy atom. The first kappa shape index (κ1) is 15.4. The Hall–Kier alpha value is -2.02. The standard InChI is InChI=1S/C14H17F2N3O2/c15-9-7-10(16)11(6-8(9)12(17)20)19-13(21)14(18)4-2-1-3-5-14/h6-7H,1-5,18H2,(H2,17,20)(H,19,21). The van der Waals surface area contributed by atoms with Crippen molar-refractivity contribution in [2.75, 3.05) is 5.32 Å². The Labute approximate surface area is 120 Å². The van der Waals surface area contributed by atoms with Crippen molar-refractivity contribution in [3.63, 3.8) is 0 Å². The smallest absolute Gasteiger partial charge is 0.251 e. The van der Waals surface area contributed by atoms with E-state index in [1.165, 1.54) is 0 Å². The highest BCUT2D eigenvalue weighted by atomic mass is 19.1. The second-order valence-corrected chi connectivity index (χ2v) is 5.35. The summed E-state index contributed by atoms with van der Waals surface area (Å²) < 4.78 is 27.1. The first-order valence-corrected chi connectivity index (χ1v) is 6.73. The molecule has 114 valence electrons. The van der Waals surface area contributed by atoms with Gasteiger partial charge < -0.3 is 16.8 Å². The van der Waals surface area contributed by atoms with Crippen LogP contribution in [0.3, 0.4) is 0 Å². The molecule has 0 saturated heterocycles. The molecule has 0 bridgehead atoms. The van der Waals surface area contributed by atoms with Crippen LogP contribution in [0.1, 0.15) is 42.5 Å². The molecule has 1 aromatic carbocycles. The fourth-order valence-electron chi connectivity index (χ4n) is 2.49. The van der Waals surface area contributed by atoms with Crippen LogP contribution in [0, 0.1) is 11.6 Å². The summed E-state index contributed by atoms with van der Waals surface area (Å²) in [5.41, 5.74) is 9.17. The Balaban J connectivity index is 2.24. The van der Waals surface area contributed by atoms with Crippen molar-refractivity contribution in [1.82, 2.24) is 0 Å². The molecule has 5 nitrogen and oxygen atoms in total. The zero-order valence-electron chi connectivity index (χ0n) is 11.4. The predicted octanol–water partition coefficient (Wildman–Crippen LogP) is 1.66. The monoisotopic (exact) mass is 297 g/mol. The Morgan fingerprint density at radius 2 is 1.71 bits per heavy atom. The highest BCUT2D eigenvalue weighted by Crippen LogP contribution is 2.28. The van der Waals surface area contributed by atoms with E-state index in [0.717, 1.165) is 25.3 Å². The molecule has 0 heterocycles. The van der Waals surface area contributed by atoms with E-state index >= 15 is 0 Å². The fourth-order valence-corrected chi connectivity index (χ4v) is 2.49. The molecule has 0 radical (unpaired) electrons. The van der Waals surface area contributed by atoms with E-state index in [1.807, 2.05) is 0 Å². The van der Waals surface area contributed by atoms with Crippen LogP contribution in [0.5, 0.6) is 0 Å². The van der Waals surface area contributed by atoms with Crippen LogP contribution in [0.2, 0.25) is 0 Å². The van der Waals surface area contributed by atoms with E-state index in [0.29, 0.717) is 18.9 Å². The minimum atomic E-state index is -1.07. The van der Waals surface area contributed by atoms with Gasteiger partial charge in [-0.25, -0.2) is 8.78 Å². The Bertz CT molecular complexity index is 584. The zero-order valence-corrected chi connectivity index (χ0v) is 11.4. The number of nitrogens with one attached hydrogen (secondary N) is 1. The molecule has 1 fully saturated rings. The second kappa shape index (κ2) is 5.77. The molecule has 1 aromatic rings. The number of carbonyl (C=O) groups excluding carboxylic acids is 2. The maximum atomic E-state index is 13.7. The van der Waals surface area contributed by atoms with Crippen LogP contribution in [-0.4, -0.2) is 17.4 Å². The topological polar surface area (TPSA) is 98.2 Å². The van der Waals surface area contributed by atoms with Crippen molar-refractivity contribution in [3.05, 3.63) is 29.3 Å². The molecule has 2 rings (SSSR count). The van der Waals surface area contributed by atoms with E-state index in [1.54, 1.807) is 0 Å². The first-order chi connectivity index (χ1) is 9.83. The van der Waals surface area contributed by atoms with Gasteiger partial charge in [-0.05, 0) is 18.9 Å². The van der Waals surface area contributed by atoms with Gasteiger partial charge in [-0.3, -0.25) is 9.59 Å². The van der Waals surface area contributed by atoms with Gasteiger partial charge in [0.15, 0.2) is 0 Å². The first-order valence-electron chi connectivity index (χ1n) is 6.73. The summed E-state index contributed by atoms with van der Waals surface area (Å²) in [5.74, 6) is -3.63. The molecule has 2 amide bonds. The Morgan fingerprint density at radius 3 is 2.29 bits per heavy atom. The van der Waals surface area contributed by atoms with Gasteiger partial charge >= 0.3 is 0 Å². The van der Waals surface area contributed by atoms with Crippen LogP contribution in [0.15, 0.2) is 12.1 Å². The minimum absolute atomic E-state index is 0.300. The van der Waals surface area contributed by atoms with Crippen LogP contribution in [-0.2, 0) is 4.79 Å². The van der Waals surface area contributed by atoms with Gasteiger partial charge in [0, 0.05) is 6.07 Å². The van der Waals surface area contributed by atoms with Crippen molar-refractivity contribution in [1.29, 1.82) is 0 Å². The molecule has 5 N–H and O–H groups in total. The molecule has 1 aliphatic rings. The number of primary amides is 1. The molecule has 1 saturated carbocycles. The van der Waals surface area contributed by atoms with Gasteiger partial charge in [0.05, 0.1) is 16.8 Å². The SMILES string of the molecule is NC(=O)c1cc(NC(=O)C2(N)CCCCC2)c(F)cc1F. The Kier molecular flexibility index (Phi) is 4.22. The molecule has 21 heavy (non-hydrogen) atoms. The number of carbonyl (C=O) groups is 2. The number of nitrogens with two attached hydrogens (primary N) is 2. The number of anilines is 1. The van der Waals surface area contributed by atoms with E-state index in [-0.39, 0.29) is 5.69 Å². The number of halogens is 2. The highest BCUT2D eigenvalue weighted by molar-refractivity contribution is 6.00. The summed E-state index contributed by atoms with van der Waals surface area (Å²) in [6.07, 6.45) is 3.66. The number of rotatable bonds is 3. The largest absolute Gasteiger partial charge is 0.366 e. The van der Waals surface area contributed by atoms with Gasteiger partial charge in [-0.1, -0.05) is 19.3 Å². The van der Waals surface area contributed by atoms with Crippen molar-refractivity contribution in [3.8, 4) is 0 Å². The van der Waals surface area contributed by atoms with E-state index in [4.69, 9.17) is 11.5 Å². The number of benzene rings is 1. The second-order valence-electron chi connectivity index (χ2n) is 5.35. The van der Waals surface area contributed by atoms with Crippen LogP contribution < -0.4 is 16.8 Å². The summed E-state index contributed by atoms with van der Waals surface area (Å²) in [5, 5.41) is 2.33. The van der Waals surface area contributed by atoms with Crippen molar-refractivity contribution in [2.45, 2.75) is 37.6 Å². The predicted molar refractivity (Wildman–Crippen MR) is 73.5 cm³/mol. The third-order valence-electron chi connectivity index (χ3n) is 3.77. The lowest BCUT2D eigenvalue weighted by molar-refractivity contribution is -0.122. The molecular weight excluding hydrogens is 280 g/mol. The summed E-state index contributed by atoms with van der Waals surface area (Å²) in [6.45, 7) is 0. The van der Waals surface area contributed by atoms with Crippen molar-refractivity contribution < 1.29 is 18.4 Å². The van der Waals surface area contributed by atoms with Crippen LogP contribution >= 0.6 is 0 Å². The molecule has 0 unspecified atom stereocenters. The van der Waals surface area contributed by atoms with Gasteiger partial charge in [0.1, 0.15) is 11.6 Å². The van der Waals surface area contributed by atoms with E-state index < -0.39 is 34.6 Å². The highest BCUT2D eigenvalue weighted by Gasteiger charge is 2.35. The minimum Gasteiger partial charge on any atom is -0.366 e. The quantitative estimate of drug-likeness (QED) is 0.791. The molecular formula is C14H17F2N3O2. The van der Waals surface area contributed by atoms with Crippen LogP contribution in [0.4, 0.5) is 14.5 Å². The fraction of sp³-hybridized carbons (Fsp3) is 0.429. The number of hydrogen-bond acceptors (Lipinski definition) is 3.